The predicted octanol–water partition coefficient (Wildman–Crippen LogP) is 3.90. The van der Waals surface area contributed by atoms with Crippen molar-refractivity contribution < 1.29 is 18.7 Å². The standard InChI is InChI=1S/C14H16F2O2/c1-8-2-3-10(6-11(8)14(15)16)12(7-13(17)18)9-4-5-9/h2-3,6,9,12,14H,4-5,7H2,1H3,(H,17,18). The number of alkyl halides is 2. The van der Waals surface area contributed by atoms with Gasteiger partial charge in [-0.05, 0) is 48.8 Å². The molecule has 2 rings (SSSR count). The van der Waals surface area contributed by atoms with Crippen LogP contribution in [-0.2, 0) is 4.79 Å². The molecule has 0 aliphatic heterocycles. The van der Waals surface area contributed by atoms with Gasteiger partial charge < -0.3 is 5.11 Å². The van der Waals surface area contributed by atoms with E-state index in [0.29, 0.717) is 11.5 Å². The maximum atomic E-state index is 12.8. The highest BCUT2D eigenvalue weighted by atomic mass is 19.3. The smallest absolute Gasteiger partial charge is 0.303 e. The van der Waals surface area contributed by atoms with E-state index < -0.39 is 12.4 Å². The molecule has 18 heavy (non-hydrogen) atoms. The van der Waals surface area contributed by atoms with Crippen LogP contribution in [0.25, 0.3) is 0 Å². The van der Waals surface area contributed by atoms with Gasteiger partial charge in [-0.25, -0.2) is 8.78 Å². The average Bonchev–Trinajstić information content (AvgIpc) is 3.10. The summed E-state index contributed by atoms with van der Waals surface area (Å²) in [7, 11) is 0. The molecule has 1 aromatic carbocycles. The van der Waals surface area contributed by atoms with Gasteiger partial charge in [0.15, 0.2) is 0 Å². The lowest BCUT2D eigenvalue weighted by atomic mass is 9.89. The van der Waals surface area contributed by atoms with Gasteiger partial charge in [0, 0.05) is 5.56 Å². The Morgan fingerprint density at radius 2 is 2.11 bits per heavy atom. The molecule has 1 aromatic rings. The minimum Gasteiger partial charge on any atom is -0.481 e. The van der Waals surface area contributed by atoms with E-state index in [0.717, 1.165) is 18.4 Å². The fourth-order valence-electron chi connectivity index (χ4n) is 2.37. The Kier molecular flexibility index (Phi) is 3.64. The van der Waals surface area contributed by atoms with Crippen molar-refractivity contribution in [2.45, 2.75) is 38.5 Å². The van der Waals surface area contributed by atoms with E-state index in [1.54, 1.807) is 19.1 Å². The molecule has 0 saturated heterocycles. The molecule has 1 N–H and O–H groups in total. The molecule has 1 atom stereocenters. The Balaban J connectivity index is 2.29. The minimum atomic E-state index is -2.50. The molecule has 0 heterocycles. The zero-order valence-corrected chi connectivity index (χ0v) is 10.2. The van der Waals surface area contributed by atoms with E-state index in [9.17, 15) is 13.6 Å². The molecular weight excluding hydrogens is 238 g/mol. The van der Waals surface area contributed by atoms with Gasteiger partial charge >= 0.3 is 5.97 Å². The molecule has 0 aromatic heterocycles. The second-order valence-electron chi connectivity index (χ2n) is 4.96. The van der Waals surface area contributed by atoms with Gasteiger partial charge in [0.1, 0.15) is 0 Å². The highest BCUT2D eigenvalue weighted by Crippen LogP contribution is 2.45. The van der Waals surface area contributed by atoms with Crippen LogP contribution < -0.4 is 0 Å². The second kappa shape index (κ2) is 5.04. The first-order chi connectivity index (χ1) is 8.49. The highest BCUT2D eigenvalue weighted by Gasteiger charge is 2.34. The van der Waals surface area contributed by atoms with Crippen LogP contribution in [0.5, 0.6) is 0 Å². The fourth-order valence-corrected chi connectivity index (χ4v) is 2.37. The number of carboxylic acids is 1. The minimum absolute atomic E-state index is 0.0172. The predicted molar refractivity (Wildman–Crippen MR) is 63.9 cm³/mol. The Hall–Kier alpha value is -1.45. The van der Waals surface area contributed by atoms with E-state index >= 15 is 0 Å². The lowest BCUT2D eigenvalue weighted by molar-refractivity contribution is -0.137. The van der Waals surface area contributed by atoms with Crippen LogP contribution in [0.2, 0.25) is 0 Å². The van der Waals surface area contributed by atoms with Gasteiger partial charge in [0.2, 0.25) is 0 Å². The number of carboxylic acid groups (broad SMARTS) is 1. The average molecular weight is 254 g/mol. The molecular formula is C14H16F2O2. The largest absolute Gasteiger partial charge is 0.481 e. The van der Waals surface area contributed by atoms with Gasteiger partial charge in [0.25, 0.3) is 6.43 Å². The SMILES string of the molecule is Cc1ccc(C(CC(=O)O)C2CC2)cc1C(F)F. The summed E-state index contributed by atoms with van der Waals surface area (Å²) in [5, 5.41) is 8.91. The van der Waals surface area contributed by atoms with E-state index in [2.05, 4.69) is 0 Å². The maximum absolute atomic E-state index is 12.8. The first kappa shape index (κ1) is 13.0. The summed E-state index contributed by atoms with van der Waals surface area (Å²) < 4.78 is 25.7. The third-order valence-corrected chi connectivity index (χ3v) is 3.55. The summed E-state index contributed by atoms with van der Waals surface area (Å²) in [6.07, 6.45) is -0.489. The van der Waals surface area contributed by atoms with Crippen molar-refractivity contribution >= 4 is 5.97 Å². The molecule has 0 bridgehead atoms. The third kappa shape index (κ3) is 2.86. The Morgan fingerprint density at radius 3 is 2.61 bits per heavy atom. The van der Waals surface area contributed by atoms with Gasteiger partial charge in [0.05, 0.1) is 6.42 Å². The lowest BCUT2D eigenvalue weighted by Gasteiger charge is -2.16. The van der Waals surface area contributed by atoms with Crippen molar-refractivity contribution in [1.29, 1.82) is 0 Å². The normalized spacial score (nSPS) is 16.9. The van der Waals surface area contributed by atoms with E-state index in [-0.39, 0.29) is 17.9 Å². The van der Waals surface area contributed by atoms with Gasteiger partial charge in [-0.2, -0.15) is 0 Å². The second-order valence-corrected chi connectivity index (χ2v) is 4.96. The summed E-state index contributed by atoms with van der Waals surface area (Å²) in [5.41, 5.74) is 1.31. The zero-order valence-electron chi connectivity index (χ0n) is 10.2. The molecule has 2 nitrogen and oxygen atoms in total. The molecule has 1 aliphatic carbocycles. The zero-order chi connectivity index (χ0) is 13.3. The summed E-state index contributed by atoms with van der Waals surface area (Å²) in [6, 6.07) is 4.92. The van der Waals surface area contributed by atoms with Crippen molar-refractivity contribution in [2.75, 3.05) is 0 Å². The van der Waals surface area contributed by atoms with Gasteiger partial charge in [-0.3, -0.25) is 4.79 Å². The van der Waals surface area contributed by atoms with Crippen LogP contribution in [0.3, 0.4) is 0 Å². The topological polar surface area (TPSA) is 37.3 Å². The van der Waals surface area contributed by atoms with Crippen LogP contribution in [0, 0.1) is 12.8 Å². The van der Waals surface area contributed by atoms with Crippen molar-refractivity contribution in [3.05, 3.63) is 34.9 Å². The van der Waals surface area contributed by atoms with Crippen molar-refractivity contribution in [1.82, 2.24) is 0 Å². The number of halogens is 2. The van der Waals surface area contributed by atoms with Crippen LogP contribution in [-0.4, -0.2) is 11.1 Å². The molecule has 1 fully saturated rings. The fraction of sp³-hybridized carbons (Fsp3) is 0.500. The van der Waals surface area contributed by atoms with Crippen LogP contribution in [0.1, 0.15) is 48.3 Å². The third-order valence-electron chi connectivity index (χ3n) is 3.55. The molecule has 1 aliphatic rings. The Bertz CT molecular complexity index is 453. The quantitative estimate of drug-likeness (QED) is 0.865. The van der Waals surface area contributed by atoms with Crippen molar-refractivity contribution in [2.24, 2.45) is 5.92 Å². The Morgan fingerprint density at radius 1 is 1.44 bits per heavy atom. The first-order valence-corrected chi connectivity index (χ1v) is 6.09. The van der Waals surface area contributed by atoms with E-state index in [1.165, 1.54) is 6.07 Å². The summed E-state index contributed by atoms with van der Waals surface area (Å²) >= 11 is 0. The Labute approximate surface area is 105 Å². The molecule has 4 heteroatoms. The molecule has 0 amide bonds. The van der Waals surface area contributed by atoms with Crippen molar-refractivity contribution in [3.63, 3.8) is 0 Å². The molecule has 1 unspecified atom stereocenters. The van der Waals surface area contributed by atoms with Crippen molar-refractivity contribution in [3.8, 4) is 0 Å². The monoisotopic (exact) mass is 254 g/mol. The molecule has 1 saturated carbocycles. The molecule has 0 radical (unpaired) electrons. The number of aliphatic carboxylic acids is 1. The van der Waals surface area contributed by atoms with Gasteiger partial charge in [-0.1, -0.05) is 12.1 Å². The number of rotatable bonds is 5. The van der Waals surface area contributed by atoms with E-state index in [1.807, 2.05) is 0 Å². The summed E-state index contributed by atoms with van der Waals surface area (Å²) in [4.78, 5) is 10.9. The number of carbonyl (C=O) groups is 1. The number of aryl methyl sites for hydroxylation is 1. The highest BCUT2D eigenvalue weighted by molar-refractivity contribution is 5.68. The number of benzene rings is 1. The molecule has 98 valence electrons. The number of hydrogen-bond donors (Lipinski definition) is 1. The van der Waals surface area contributed by atoms with Gasteiger partial charge in [-0.15, -0.1) is 0 Å². The maximum Gasteiger partial charge on any atom is 0.303 e. The lowest BCUT2D eigenvalue weighted by Crippen LogP contribution is -2.09. The van der Waals surface area contributed by atoms with Crippen LogP contribution in [0.15, 0.2) is 18.2 Å². The first-order valence-electron chi connectivity index (χ1n) is 6.09. The van der Waals surface area contributed by atoms with E-state index in [4.69, 9.17) is 5.11 Å². The summed E-state index contributed by atoms with van der Waals surface area (Å²) in [5.74, 6) is -0.652. The van der Waals surface area contributed by atoms with Crippen LogP contribution >= 0.6 is 0 Å². The number of hydrogen-bond acceptors (Lipinski definition) is 1. The van der Waals surface area contributed by atoms with Crippen LogP contribution in [0.4, 0.5) is 8.78 Å². The summed E-state index contributed by atoms with van der Waals surface area (Å²) in [6.45, 7) is 1.65. The molecule has 0 spiro atoms.